The standard InChI is InChI=1S/C47H30N6.U/c1-3-5-17-33(4-2)45-49-46(34-18-9-6-10-19-34)51-47(50-45)40-28-26-38(30-35(40)32-48)53-43-25-16-15-24-41(43)42-31-39(27-29-44(42)53)52(36-20-11-7-12-21-36)37-22-13-8-14-23-37;/h3-4,6-16,18-22,24-26,28-31H,1H2,2H3;/q-2;+2/b33-4+;. The van der Waals surface area contributed by atoms with Crippen LogP contribution >= 0.6 is 0 Å². The van der Waals surface area contributed by atoms with Crippen LogP contribution in [0.5, 0.6) is 0 Å². The van der Waals surface area contributed by atoms with E-state index < -0.39 is 0 Å². The Balaban J connectivity index is 0.00000450. The minimum atomic E-state index is 0. The Labute approximate surface area is 338 Å². The number of aromatic nitrogens is 4. The first kappa shape index (κ1) is 35.9. The number of para-hydroxylation sites is 3. The van der Waals surface area contributed by atoms with Gasteiger partial charge in [0.15, 0.2) is 17.5 Å². The molecule has 0 aliphatic rings. The number of anilines is 3. The molecule has 0 aliphatic heterocycles. The molecule has 0 saturated carbocycles. The van der Waals surface area contributed by atoms with Crippen molar-refractivity contribution in [2.75, 3.05) is 4.90 Å². The molecule has 7 heteroatoms. The largest absolute Gasteiger partial charge is 2.00 e. The zero-order valence-corrected chi connectivity index (χ0v) is 33.5. The van der Waals surface area contributed by atoms with E-state index in [-0.39, 0.29) is 31.1 Å². The molecule has 6 aromatic carbocycles. The van der Waals surface area contributed by atoms with Gasteiger partial charge in [0.25, 0.3) is 0 Å². The van der Waals surface area contributed by atoms with E-state index in [4.69, 9.17) is 15.0 Å². The fraction of sp³-hybridized carbons (Fsp3) is 0.0213. The van der Waals surface area contributed by atoms with Crippen LogP contribution in [0.25, 0.3) is 55.8 Å². The maximum Gasteiger partial charge on any atom is 2.00 e. The van der Waals surface area contributed by atoms with Crippen LogP contribution < -0.4 is 4.90 Å². The Bertz CT molecular complexity index is 2730. The van der Waals surface area contributed by atoms with Crippen LogP contribution in [0.4, 0.5) is 17.1 Å². The van der Waals surface area contributed by atoms with E-state index in [1.54, 1.807) is 0 Å². The first-order valence-corrected chi connectivity index (χ1v) is 17.1. The summed E-state index contributed by atoms with van der Waals surface area (Å²) in [6.07, 6.45) is 3.39. The second-order valence-corrected chi connectivity index (χ2v) is 12.1. The van der Waals surface area contributed by atoms with Gasteiger partial charge in [-0.1, -0.05) is 108 Å². The Morgan fingerprint density at radius 3 is 2.24 bits per heavy atom. The van der Waals surface area contributed by atoms with E-state index in [2.05, 4.69) is 76.4 Å². The average Bonchev–Trinajstić information content (AvgIpc) is 3.56. The van der Waals surface area contributed by atoms with Gasteiger partial charge in [-0.2, -0.15) is 41.7 Å². The van der Waals surface area contributed by atoms with Crippen LogP contribution in [0, 0.1) is 66.4 Å². The molecule has 0 radical (unpaired) electrons. The summed E-state index contributed by atoms with van der Waals surface area (Å²) in [5, 5.41) is 12.7. The molecule has 8 aromatic rings. The van der Waals surface area contributed by atoms with Gasteiger partial charge in [-0.3, -0.25) is 0 Å². The number of hydrogen-bond donors (Lipinski definition) is 0. The molecule has 0 spiro atoms. The first-order valence-electron chi connectivity index (χ1n) is 17.1. The van der Waals surface area contributed by atoms with Crippen molar-refractivity contribution in [3.63, 3.8) is 0 Å². The van der Waals surface area contributed by atoms with Crippen molar-refractivity contribution in [1.82, 2.24) is 19.5 Å². The summed E-state index contributed by atoms with van der Waals surface area (Å²) in [4.78, 5) is 16.6. The summed E-state index contributed by atoms with van der Waals surface area (Å²) in [5.74, 6) is 7.27. The second-order valence-electron chi connectivity index (χ2n) is 12.1. The van der Waals surface area contributed by atoms with Crippen molar-refractivity contribution < 1.29 is 31.1 Å². The summed E-state index contributed by atoms with van der Waals surface area (Å²) in [6.45, 7) is 5.61. The molecule has 54 heavy (non-hydrogen) atoms. The van der Waals surface area contributed by atoms with Crippen LogP contribution in [0.15, 0.2) is 158 Å². The van der Waals surface area contributed by atoms with Gasteiger partial charge < -0.3 is 9.47 Å². The molecule has 0 unspecified atom stereocenters. The fourth-order valence-corrected chi connectivity index (χ4v) is 6.49. The van der Waals surface area contributed by atoms with E-state index in [1.165, 1.54) is 6.08 Å². The number of fused-ring (bicyclic) bond motifs is 3. The molecule has 0 atom stereocenters. The van der Waals surface area contributed by atoms with E-state index >= 15 is 0 Å². The zero-order valence-electron chi connectivity index (χ0n) is 29.3. The zero-order chi connectivity index (χ0) is 36.1. The normalized spacial score (nSPS) is 10.9. The third kappa shape index (κ3) is 6.88. The molecule has 2 aromatic heterocycles. The van der Waals surface area contributed by atoms with E-state index in [9.17, 15) is 5.26 Å². The smallest absolute Gasteiger partial charge is 0.364 e. The average molecular weight is 917 g/mol. The predicted octanol–water partition coefficient (Wildman–Crippen LogP) is 10.8. The van der Waals surface area contributed by atoms with Crippen LogP contribution in [0.3, 0.4) is 0 Å². The van der Waals surface area contributed by atoms with E-state index in [0.717, 1.165) is 50.1 Å². The summed E-state index contributed by atoms with van der Waals surface area (Å²) in [5.41, 5.74) is 8.11. The van der Waals surface area contributed by atoms with Crippen LogP contribution in [0.2, 0.25) is 0 Å². The molecule has 0 bridgehead atoms. The molecule has 0 fully saturated rings. The van der Waals surface area contributed by atoms with Crippen molar-refractivity contribution in [2.45, 2.75) is 6.92 Å². The maximum absolute atomic E-state index is 10.6. The Morgan fingerprint density at radius 1 is 0.759 bits per heavy atom. The number of nitrogens with zero attached hydrogens (tertiary/aromatic N) is 6. The maximum atomic E-state index is 10.6. The van der Waals surface area contributed by atoms with Gasteiger partial charge >= 0.3 is 31.1 Å². The molecule has 0 amide bonds. The van der Waals surface area contributed by atoms with Crippen molar-refractivity contribution in [1.29, 1.82) is 5.26 Å². The van der Waals surface area contributed by atoms with Crippen LogP contribution in [-0.2, 0) is 0 Å². The summed E-state index contributed by atoms with van der Waals surface area (Å²) < 4.78 is 2.17. The van der Waals surface area contributed by atoms with E-state index in [1.807, 2.05) is 122 Å². The van der Waals surface area contributed by atoms with Gasteiger partial charge in [0.05, 0.1) is 17.2 Å². The van der Waals surface area contributed by atoms with Gasteiger partial charge in [0, 0.05) is 28.0 Å². The van der Waals surface area contributed by atoms with Crippen LogP contribution in [-0.4, -0.2) is 19.5 Å². The molecular weight excluding hydrogens is 887 g/mol. The Hall–Kier alpha value is -6.49. The van der Waals surface area contributed by atoms with Crippen molar-refractivity contribution in [3.8, 4) is 46.4 Å². The topological polar surface area (TPSA) is 70.6 Å². The molecule has 0 aliphatic carbocycles. The quantitative estimate of drug-likeness (QED) is 0.118. The van der Waals surface area contributed by atoms with Gasteiger partial charge in [-0.25, -0.2) is 15.0 Å². The first-order chi connectivity index (χ1) is 26.2. The van der Waals surface area contributed by atoms with Gasteiger partial charge in [0.1, 0.15) is 0 Å². The summed E-state index contributed by atoms with van der Waals surface area (Å²) in [6, 6.07) is 55.6. The number of hydrogen-bond acceptors (Lipinski definition) is 5. The monoisotopic (exact) mass is 916 g/mol. The third-order valence-corrected chi connectivity index (χ3v) is 8.91. The molecular formula is C47H30N6U. The summed E-state index contributed by atoms with van der Waals surface area (Å²) in [7, 11) is 0. The van der Waals surface area contributed by atoms with E-state index in [0.29, 0.717) is 34.2 Å². The van der Waals surface area contributed by atoms with Crippen molar-refractivity contribution in [2.24, 2.45) is 0 Å². The molecule has 0 saturated heterocycles. The summed E-state index contributed by atoms with van der Waals surface area (Å²) >= 11 is 0. The minimum absolute atomic E-state index is 0. The number of rotatable bonds is 7. The third-order valence-electron chi connectivity index (χ3n) is 8.91. The number of nitriles is 1. The number of benzene rings is 6. The molecule has 2 heterocycles. The van der Waals surface area contributed by atoms with Crippen LogP contribution in [0.1, 0.15) is 18.3 Å². The Morgan fingerprint density at radius 2 is 1.50 bits per heavy atom. The van der Waals surface area contributed by atoms with Crippen molar-refractivity contribution >= 4 is 44.4 Å². The molecule has 6 nitrogen and oxygen atoms in total. The van der Waals surface area contributed by atoms with Crippen molar-refractivity contribution in [3.05, 3.63) is 182 Å². The van der Waals surface area contributed by atoms with Gasteiger partial charge in [0.2, 0.25) is 0 Å². The molecule has 252 valence electrons. The fourth-order valence-electron chi connectivity index (χ4n) is 6.49. The SMILES string of the molecule is C=CC#C/C(=C\C)c1nc(-c2ccccc2)nc(-c2ccc(-n3c4c[c-]c(N(c5[c-]cccc5)c5ccccc5)cc4c4ccccc43)cc2C#N)n1.[U+2]. The Kier molecular flexibility index (Phi) is 10.7. The predicted molar refractivity (Wildman–Crippen MR) is 214 cm³/mol. The van der Waals surface area contributed by atoms with Gasteiger partial charge in [-0.05, 0) is 54.8 Å². The molecule has 8 rings (SSSR count). The van der Waals surface area contributed by atoms with Gasteiger partial charge in [-0.15, -0.1) is 17.5 Å². The molecule has 0 N–H and O–H groups in total. The minimum Gasteiger partial charge on any atom is -0.364 e. The number of allylic oxidation sites excluding steroid dienone is 3. The second kappa shape index (κ2) is 16.0.